The molecule has 0 bridgehead atoms. The molecule has 0 unspecified atom stereocenters. The molecule has 0 aliphatic rings. The van der Waals surface area contributed by atoms with E-state index in [-0.39, 0.29) is 30.3 Å². The number of hydrogen-bond donors (Lipinski definition) is 0. The zero-order chi connectivity index (χ0) is 14.5. The van der Waals surface area contributed by atoms with Crippen molar-refractivity contribution in [3.05, 3.63) is 41.7 Å². The van der Waals surface area contributed by atoms with Crippen LogP contribution in [-0.2, 0) is 4.74 Å². The van der Waals surface area contributed by atoms with Crippen LogP contribution in [0.5, 0.6) is 5.75 Å². The Labute approximate surface area is 113 Å². The zero-order valence-electron chi connectivity index (χ0n) is 10.7. The minimum absolute atomic E-state index is 0.0414. The highest BCUT2D eigenvalue weighted by Crippen LogP contribution is 2.29. The fourth-order valence-electron chi connectivity index (χ4n) is 1.64. The molecule has 0 amide bonds. The standard InChI is InChI=1S/C14H12F2O4/c1-18-4-5-19-14-11(15)6-9(7-12(14)16)13-3-2-10(8-17)20-13/h2-3,6-8H,4-5H2,1H3. The molecule has 6 heteroatoms. The van der Waals surface area contributed by atoms with Crippen LogP contribution in [0.25, 0.3) is 11.3 Å². The van der Waals surface area contributed by atoms with Crippen molar-refractivity contribution in [1.29, 1.82) is 0 Å². The topological polar surface area (TPSA) is 48.7 Å². The summed E-state index contributed by atoms with van der Waals surface area (Å²) in [5, 5.41) is 0. The second-order valence-corrected chi connectivity index (χ2v) is 3.93. The van der Waals surface area contributed by atoms with Gasteiger partial charge in [-0.15, -0.1) is 0 Å². The Bertz CT molecular complexity index is 584. The van der Waals surface area contributed by atoms with Gasteiger partial charge in [0.1, 0.15) is 12.4 Å². The van der Waals surface area contributed by atoms with Gasteiger partial charge in [-0.25, -0.2) is 8.78 Å². The Kier molecular flexibility index (Phi) is 4.47. The third kappa shape index (κ3) is 3.03. The van der Waals surface area contributed by atoms with Crippen LogP contribution >= 0.6 is 0 Å². The van der Waals surface area contributed by atoms with E-state index in [2.05, 4.69) is 0 Å². The normalized spacial score (nSPS) is 10.6. The van der Waals surface area contributed by atoms with E-state index in [4.69, 9.17) is 13.9 Å². The van der Waals surface area contributed by atoms with Gasteiger partial charge in [0.05, 0.1) is 6.61 Å². The Morgan fingerprint density at radius 3 is 2.45 bits per heavy atom. The van der Waals surface area contributed by atoms with Gasteiger partial charge >= 0.3 is 0 Å². The van der Waals surface area contributed by atoms with Crippen LogP contribution in [0.15, 0.2) is 28.7 Å². The average molecular weight is 282 g/mol. The van der Waals surface area contributed by atoms with Gasteiger partial charge in [0, 0.05) is 12.7 Å². The molecule has 0 saturated carbocycles. The van der Waals surface area contributed by atoms with Crippen LogP contribution in [0.2, 0.25) is 0 Å². The molecule has 0 saturated heterocycles. The van der Waals surface area contributed by atoms with Gasteiger partial charge in [-0.05, 0) is 24.3 Å². The molecule has 20 heavy (non-hydrogen) atoms. The summed E-state index contributed by atoms with van der Waals surface area (Å²) in [5.74, 6) is -1.87. The quantitative estimate of drug-likeness (QED) is 0.603. The lowest BCUT2D eigenvalue weighted by Crippen LogP contribution is -2.07. The van der Waals surface area contributed by atoms with Crippen molar-refractivity contribution in [2.45, 2.75) is 0 Å². The summed E-state index contributed by atoms with van der Waals surface area (Å²) in [7, 11) is 1.46. The van der Waals surface area contributed by atoms with Crippen LogP contribution in [0.4, 0.5) is 8.78 Å². The summed E-state index contributed by atoms with van der Waals surface area (Å²) in [5.41, 5.74) is 0.187. The zero-order valence-corrected chi connectivity index (χ0v) is 10.7. The van der Waals surface area contributed by atoms with Crippen molar-refractivity contribution in [3.8, 4) is 17.1 Å². The van der Waals surface area contributed by atoms with Gasteiger partial charge in [0.25, 0.3) is 0 Å². The van der Waals surface area contributed by atoms with Gasteiger partial charge in [-0.3, -0.25) is 4.79 Å². The second-order valence-electron chi connectivity index (χ2n) is 3.93. The third-order valence-electron chi connectivity index (χ3n) is 2.56. The van der Waals surface area contributed by atoms with Crippen molar-refractivity contribution >= 4 is 6.29 Å². The number of carbonyl (C=O) groups is 1. The molecule has 4 nitrogen and oxygen atoms in total. The first kappa shape index (κ1) is 14.2. The van der Waals surface area contributed by atoms with E-state index in [0.29, 0.717) is 6.29 Å². The van der Waals surface area contributed by atoms with Crippen LogP contribution in [0, 0.1) is 11.6 Å². The Balaban J connectivity index is 2.27. The molecule has 0 aliphatic carbocycles. The predicted molar refractivity (Wildman–Crippen MR) is 66.8 cm³/mol. The molecule has 2 aromatic rings. The molecule has 1 aromatic heterocycles. The summed E-state index contributed by atoms with van der Waals surface area (Å²) in [4.78, 5) is 10.5. The van der Waals surface area contributed by atoms with Crippen molar-refractivity contribution in [3.63, 3.8) is 0 Å². The number of hydrogen-bond acceptors (Lipinski definition) is 4. The molecular weight excluding hydrogens is 270 g/mol. The van der Waals surface area contributed by atoms with Crippen LogP contribution < -0.4 is 4.74 Å². The second kappa shape index (κ2) is 6.29. The lowest BCUT2D eigenvalue weighted by Gasteiger charge is -2.09. The fraction of sp³-hybridized carbons (Fsp3) is 0.214. The van der Waals surface area contributed by atoms with E-state index in [9.17, 15) is 13.6 Å². The number of furan rings is 1. The smallest absolute Gasteiger partial charge is 0.190 e. The molecule has 0 fully saturated rings. The fourth-order valence-corrected chi connectivity index (χ4v) is 1.64. The molecule has 1 heterocycles. The van der Waals surface area contributed by atoms with Crippen molar-refractivity contribution in [2.24, 2.45) is 0 Å². The Morgan fingerprint density at radius 2 is 1.90 bits per heavy atom. The Hall–Kier alpha value is -2.21. The highest BCUT2D eigenvalue weighted by molar-refractivity contribution is 5.72. The molecule has 0 spiro atoms. The molecule has 2 rings (SSSR count). The van der Waals surface area contributed by atoms with E-state index in [1.807, 2.05) is 0 Å². The maximum absolute atomic E-state index is 13.8. The molecule has 0 N–H and O–H groups in total. The van der Waals surface area contributed by atoms with E-state index in [0.717, 1.165) is 12.1 Å². The predicted octanol–water partition coefficient (Wildman–Crippen LogP) is 3.06. The number of halogens is 2. The highest BCUT2D eigenvalue weighted by atomic mass is 19.1. The van der Waals surface area contributed by atoms with Gasteiger partial charge < -0.3 is 13.9 Å². The highest BCUT2D eigenvalue weighted by Gasteiger charge is 2.15. The number of aldehydes is 1. The first-order valence-corrected chi connectivity index (χ1v) is 5.82. The van der Waals surface area contributed by atoms with Crippen LogP contribution in [-0.4, -0.2) is 26.6 Å². The SMILES string of the molecule is COCCOc1c(F)cc(-c2ccc(C=O)o2)cc1F. The van der Waals surface area contributed by atoms with Crippen molar-refractivity contribution in [2.75, 3.05) is 20.3 Å². The number of rotatable bonds is 6. The summed E-state index contributed by atoms with van der Waals surface area (Å²) < 4.78 is 42.4. The van der Waals surface area contributed by atoms with Gasteiger partial charge in [0.15, 0.2) is 29.4 Å². The van der Waals surface area contributed by atoms with E-state index in [1.165, 1.54) is 19.2 Å². The maximum Gasteiger partial charge on any atom is 0.190 e. The average Bonchev–Trinajstić information content (AvgIpc) is 2.90. The number of ether oxygens (including phenoxy) is 2. The Morgan fingerprint density at radius 1 is 1.20 bits per heavy atom. The minimum atomic E-state index is -0.847. The molecule has 0 radical (unpaired) electrons. The molecular formula is C14H12F2O4. The number of benzene rings is 1. The van der Waals surface area contributed by atoms with E-state index >= 15 is 0 Å². The first-order valence-electron chi connectivity index (χ1n) is 5.82. The summed E-state index contributed by atoms with van der Waals surface area (Å²) >= 11 is 0. The summed E-state index contributed by atoms with van der Waals surface area (Å²) in [6.45, 7) is 0.265. The molecule has 0 aliphatic heterocycles. The number of methoxy groups -OCH3 is 1. The lowest BCUT2D eigenvalue weighted by atomic mass is 10.1. The van der Waals surface area contributed by atoms with Crippen LogP contribution in [0.1, 0.15) is 10.6 Å². The van der Waals surface area contributed by atoms with Gasteiger partial charge in [-0.1, -0.05) is 0 Å². The lowest BCUT2D eigenvalue weighted by molar-refractivity contribution is 0.110. The van der Waals surface area contributed by atoms with Gasteiger partial charge in [-0.2, -0.15) is 0 Å². The third-order valence-corrected chi connectivity index (χ3v) is 2.56. The molecule has 106 valence electrons. The monoisotopic (exact) mass is 282 g/mol. The maximum atomic E-state index is 13.8. The van der Waals surface area contributed by atoms with Crippen molar-refractivity contribution < 1.29 is 27.5 Å². The largest absolute Gasteiger partial charge is 0.485 e. The van der Waals surface area contributed by atoms with Crippen molar-refractivity contribution in [1.82, 2.24) is 0 Å². The van der Waals surface area contributed by atoms with E-state index < -0.39 is 17.4 Å². The number of carbonyl (C=O) groups excluding carboxylic acids is 1. The van der Waals surface area contributed by atoms with Crippen LogP contribution in [0.3, 0.4) is 0 Å². The molecule has 1 aromatic carbocycles. The summed E-state index contributed by atoms with van der Waals surface area (Å²) in [6.07, 6.45) is 0.512. The molecule has 0 atom stereocenters. The van der Waals surface area contributed by atoms with E-state index in [1.54, 1.807) is 0 Å². The summed E-state index contributed by atoms with van der Waals surface area (Å²) in [6, 6.07) is 5.04. The minimum Gasteiger partial charge on any atom is -0.485 e. The first-order chi connectivity index (χ1) is 9.65. The van der Waals surface area contributed by atoms with Gasteiger partial charge in [0.2, 0.25) is 0 Å².